The molecule has 0 radical (unpaired) electrons. The van der Waals surface area contributed by atoms with Crippen molar-refractivity contribution in [2.24, 2.45) is 5.41 Å². The Morgan fingerprint density at radius 1 is 1.13 bits per heavy atom. The van der Waals surface area contributed by atoms with Crippen LogP contribution < -0.4 is 10.6 Å². The van der Waals surface area contributed by atoms with E-state index < -0.39 is 0 Å². The molecule has 2 aromatic carbocycles. The fraction of sp³-hybridized carbons (Fsp3) is 0.316. The smallest absolute Gasteiger partial charge is 0.407 e. The second kappa shape index (κ2) is 6.32. The maximum atomic E-state index is 11.5. The number of anilines is 1. The molecule has 0 bridgehead atoms. The van der Waals surface area contributed by atoms with Crippen LogP contribution in [0, 0.1) is 5.41 Å². The van der Waals surface area contributed by atoms with Crippen LogP contribution in [0.1, 0.15) is 31.0 Å². The molecule has 2 N–H and O–H groups in total. The van der Waals surface area contributed by atoms with Gasteiger partial charge in [-0.05, 0) is 23.3 Å². The largest absolute Gasteiger partial charge is 0.449 e. The summed E-state index contributed by atoms with van der Waals surface area (Å²) in [6, 6.07) is 18.5. The molecule has 4 heteroatoms. The van der Waals surface area contributed by atoms with E-state index in [0.717, 1.165) is 17.8 Å². The van der Waals surface area contributed by atoms with Crippen LogP contribution in [0.2, 0.25) is 0 Å². The lowest BCUT2D eigenvalue weighted by Crippen LogP contribution is -2.46. The maximum Gasteiger partial charge on any atom is 0.407 e. The molecular formula is C19H22N2O2. The predicted octanol–water partition coefficient (Wildman–Crippen LogP) is 4.11. The van der Waals surface area contributed by atoms with E-state index in [0.29, 0.717) is 6.61 Å². The summed E-state index contributed by atoms with van der Waals surface area (Å²) in [5, 5.41) is 6.33. The number of alkyl carbamates (subject to hydrolysis) is 1. The van der Waals surface area contributed by atoms with E-state index >= 15 is 0 Å². The van der Waals surface area contributed by atoms with Crippen LogP contribution in [0.5, 0.6) is 0 Å². The number of rotatable bonds is 4. The number of amides is 1. The number of carbonyl (C=O) groups excluding carboxylic acids is 1. The van der Waals surface area contributed by atoms with E-state index in [4.69, 9.17) is 4.74 Å². The number of ether oxygens (including phenoxy) is 1. The topological polar surface area (TPSA) is 50.4 Å². The van der Waals surface area contributed by atoms with Crippen molar-refractivity contribution in [3.8, 4) is 0 Å². The van der Waals surface area contributed by atoms with E-state index in [2.05, 4.69) is 60.9 Å². The molecule has 1 saturated heterocycles. The number of cyclic esters (lactones) is 1. The van der Waals surface area contributed by atoms with Gasteiger partial charge in [-0.25, -0.2) is 4.79 Å². The average Bonchev–Trinajstić information content (AvgIpc) is 2.57. The minimum absolute atomic E-state index is 0.0353. The van der Waals surface area contributed by atoms with E-state index in [-0.39, 0.29) is 17.6 Å². The third kappa shape index (κ3) is 3.65. The number of benzene rings is 2. The summed E-state index contributed by atoms with van der Waals surface area (Å²) in [5.74, 6) is 0. The summed E-state index contributed by atoms with van der Waals surface area (Å²) in [6.07, 6.45) is -0.347. The Hall–Kier alpha value is -2.49. The Morgan fingerprint density at radius 2 is 1.83 bits per heavy atom. The Kier molecular flexibility index (Phi) is 4.24. The summed E-state index contributed by atoms with van der Waals surface area (Å²) < 4.78 is 5.09. The zero-order valence-corrected chi connectivity index (χ0v) is 13.5. The normalized spacial score (nSPS) is 19.6. The van der Waals surface area contributed by atoms with Crippen LogP contribution in [0.4, 0.5) is 10.5 Å². The molecule has 4 nitrogen and oxygen atoms in total. The Morgan fingerprint density at radius 3 is 2.52 bits per heavy atom. The van der Waals surface area contributed by atoms with Gasteiger partial charge in [0.05, 0.1) is 6.04 Å². The van der Waals surface area contributed by atoms with Crippen molar-refractivity contribution in [3.05, 3.63) is 65.7 Å². The Bertz CT molecular complexity index is 666. The van der Waals surface area contributed by atoms with Crippen LogP contribution in [0.15, 0.2) is 54.6 Å². The fourth-order valence-corrected chi connectivity index (χ4v) is 2.82. The minimum atomic E-state index is -0.347. The molecule has 1 fully saturated rings. The van der Waals surface area contributed by atoms with Crippen molar-refractivity contribution < 1.29 is 9.53 Å². The maximum absolute atomic E-state index is 11.5. The third-order valence-corrected chi connectivity index (χ3v) is 4.20. The molecule has 0 saturated carbocycles. The van der Waals surface area contributed by atoms with E-state index in [1.807, 2.05) is 18.2 Å². The van der Waals surface area contributed by atoms with Crippen molar-refractivity contribution in [3.63, 3.8) is 0 Å². The number of nitrogens with one attached hydrogen (secondary N) is 2. The third-order valence-electron chi connectivity index (χ3n) is 4.20. The lowest BCUT2D eigenvalue weighted by Gasteiger charge is -2.38. The molecule has 1 heterocycles. The van der Waals surface area contributed by atoms with Gasteiger partial charge in [-0.1, -0.05) is 56.3 Å². The van der Waals surface area contributed by atoms with Gasteiger partial charge >= 0.3 is 6.09 Å². The molecule has 0 spiro atoms. The summed E-state index contributed by atoms with van der Waals surface area (Å²) in [4.78, 5) is 11.5. The summed E-state index contributed by atoms with van der Waals surface area (Å²) >= 11 is 0. The zero-order chi connectivity index (χ0) is 16.3. The van der Waals surface area contributed by atoms with Crippen molar-refractivity contribution in [1.29, 1.82) is 0 Å². The van der Waals surface area contributed by atoms with Crippen LogP contribution in [-0.2, 0) is 11.3 Å². The summed E-state index contributed by atoms with van der Waals surface area (Å²) in [7, 11) is 0. The highest BCUT2D eigenvalue weighted by Gasteiger charge is 2.37. The summed E-state index contributed by atoms with van der Waals surface area (Å²) in [5.41, 5.74) is 3.27. The van der Waals surface area contributed by atoms with E-state index in [1.54, 1.807) is 0 Å². The second-order valence-corrected chi connectivity index (χ2v) is 6.60. The zero-order valence-electron chi connectivity index (χ0n) is 13.5. The monoisotopic (exact) mass is 310 g/mol. The van der Waals surface area contributed by atoms with Crippen molar-refractivity contribution in [1.82, 2.24) is 5.32 Å². The van der Waals surface area contributed by atoms with Gasteiger partial charge in [-0.15, -0.1) is 0 Å². The number of hydrogen-bond acceptors (Lipinski definition) is 3. The molecule has 120 valence electrons. The summed E-state index contributed by atoms with van der Waals surface area (Å²) in [6.45, 7) is 5.41. The van der Waals surface area contributed by atoms with Crippen molar-refractivity contribution in [2.75, 3.05) is 11.9 Å². The molecule has 0 unspecified atom stereocenters. The highest BCUT2D eigenvalue weighted by Crippen LogP contribution is 2.36. The van der Waals surface area contributed by atoms with Gasteiger partial charge in [0.2, 0.25) is 0 Å². The Labute approximate surface area is 136 Å². The minimum Gasteiger partial charge on any atom is -0.449 e. The SMILES string of the molecule is CC1(C)COC(=O)N[C@H]1c1ccc(NCc2ccccc2)cc1. The lowest BCUT2D eigenvalue weighted by molar-refractivity contribution is 0.0387. The van der Waals surface area contributed by atoms with Crippen LogP contribution in [0.25, 0.3) is 0 Å². The van der Waals surface area contributed by atoms with Gasteiger partial charge in [0.25, 0.3) is 0 Å². The molecule has 2 aromatic rings. The van der Waals surface area contributed by atoms with Gasteiger partial charge in [-0.2, -0.15) is 0 Å². The van der Waals surface area contributed by atoms with Gasteiger partial charge in [0, 0.05) is 17.6 Å². The molecule has 1 aliphatic rings. The van der Waals surface area contributed by atoms with E-state index in [9.17, 15) is 4.79 Å². The molecule has 0 aliphatic carbocycles. The fourth-order valence-electron chi connectivity index (χ4n) is 2.82. The molecule has 1 aliphatic heterocycles. The highest BCUT2D eigenvalue weighted by atomic mass is 16.6. The standard InChI is InChI=1S/C19H22N2O2/c1-19(2)13-23-18(22)21-17(19)15-8-10-16(11-9-15)20-12-14-6-4-3-5-7-14/h3-11,17,20H,12-13H2,1-2H3,(H,21,22)/t17-/m0/s1. The van der Waals surface area contributed by atoms with Gasteiger partial charge in [0.1, 0.15) is 6.61 Å². The molecule has 3 rings (SSSR count). The number of hydrogen-bond donors (Lipinski definition) is 2. The number of carbonyl (C=O) groups is 1. The first-order valence-electron chi connectivity index (χ1n) is 7.86. The van der Waals surface area contributed by atoms with Crippen molar-refractivity contribution in [2.45, 2.75) is 26.4 Å². The lowest BCUT2D eigenvalue weighted by atomic mass is 9.80. The second-order valence-electron chi connectivity index (χ2n) is 6.60. The van der Waals surface area contributed by atoms with Crippen LogP contribution in [-0.4, -0.2) is 12.7 Å². The molecular weight excluding hydrogens is 288 g/mol. The van der Waals surface area contributed by atoms with Crippen LogP contribution in [0.3, 0.4) is 0 Å². The highest BCUT2D eigenvalue weighted by molar-refractivity contribution is 5.69. The van der Waals surface area contributed by atoms with Gasteiger partial charge in [-0.3, -0.25) is 0 Å². The first-order chi connectivity index (χ1) is 11.0. The molecule has 0 aromatic heterocycles. The van der Waals surface area contributed by atoms with Crippen LogP contribution >= 0.6 is 0 Å². The molecule has 1 amide bonds. The van der Waals surface area contributed by atoms with E-state index in [1.165, 1.54) is 5.56 Å². The first-order valence-corrected chi connectivity index (χ1v) is 7.86. The predicted molar refractivity (Wildman–Crippen MR) is 91.2 cm³/mol. The quantitative estimate of drug-likeness (QED) is 0.893. The molecule has 1 atom stereocenters. The van der Waals surface area contributed by atoms with Crippen molar-refractivity contribution >= 4 is 11.8 Å². The molecule has 23 heavy (non-hydrogen) atoms. The van der Waals surface area contributed by atoms with Gasteiger partial charge in [0.15, 0.2) is 0 Å². The average molecular weight is 310 g/mol. The van der Waals surface area contributed by atoms with Gasteiger partial charge < -0.3 is 15.4 Å². The Balaban J connectivity index is 1.68. The first kappa shape index (κ1) is 15.4.